The van der Waals surface area contributed by atoms with E-state index in [2.05, 4.69) is 30.9 Å². The monoisotopic (exact) mass is 503 g/mol. The molecule has 0 bridgehead atoms. The summed E-state index contributed by atoms with van der Waals surface area (Å²) in [5, 5.41) is 2.51. The highest BCUT2D eigenvalue weighted by Gasteiger charge is 2.48. The summed E-state index contributed by atoms with van der Waals surface area (Å²) in [6.45, 7) is 5.47. The molecule has 1 unspecified atom stereocenters. The number of hydrogen-bond acceptors (Lipinski definition) is 6. The molecule has 3 aliphatic heterocycles. The Kier molecular flexibility index (Phi) is 6.13. The lowest BCUT2D eigenvalue weighted by molar-refractivity contribution is -0.156. The van der Waals surface area contributed by atoms with Crippen LogP contribution in [0.5, 0.6) is 0 Å². The van der Waals surface area contributed by atoms with Gasteiger partial charge in [0.1, 0.15) is 23.8 Å². The smallest absolute Gasteiger partial charge is 0.356 e. The third kappa shape index (κ3) is 4.69. The zero-order valence-electron chi connectivity index (χ0n) is 20.3. The minimum absolute atomic E-state index is 0.00816. The Bertz CT molecular complexity index is 1120. The number of rotatable bonds is 6. The van der Waals surface area contributed by atoms with E-state index in [0.717, 1.165) is 31.8 Å². The second-order valence-electron chi connectivity index (χ2n) is 10.6. The summed E-state index contributed by atoms with van der Waals surface area (Å²) < 4.78 is 43.9. The molecule has 1 aliphatic carbocycles. The first kappa shape index (κ1) is 23.7. The normalized spacial score (nSPS) is 23.7. The maximum Gasteiger partial charge on any atom is 0.396 e. The van der Waals surface area contributed by atoms with Crippen LogP contribution in [0.1, 0.15) is 79.8 Å². The van der Waals surface area contributed by atoms with Gasteiger partial charge in [-0.15, -0.1) is 0 Å². The van der Waals surface area contributed by atoms with Gasteiger partial charge in [0.05, 0.1) is 17.2 Å². The Morgan fingerprint density at radius 2 is 1.72 bits per heavy atom. The zero-order chi connectivity index (χ0) is 24.9. The van der Waals surface area contributed by atoms with Gasteiger partial charge in [0, 0.05) is 50.6 Å². The second kappa shape index (κ2) is 9.32. The summed E-state index contributed by atoms with van der Waals surface area (Å²) in [5.41, 5.74) is 1.19. The van der Waals surface area contributed by atoms with E-state index in [9.17, 15) is 18.0 Å². The molecule has 1 saturated carbocycles. The fraction of sp³-hybridized carbons (Fsp3) is 0.680. The van der Waals surface area contributed by atoms with Crippen LogP contribution in [0.15, 0.2) is 12.5 Å². The van der Waals surface area contributed by atoms with Crippen LogP contribution in [0.4, 0.5) is 24.8 Å². The molecule has 1 atom stereocenters. The van der Waals surface area contributed by atoms with Crippen molar-refractivity contribution in [3.8, 4) is 0 Å². The van der Waals surface area contributed by atoms with Crippen LogP contribution in [-0.2, 0) is 11.3 Å². The molecule has 1 amide bonds. The summed E-state index contributed by atoms with van der Waals surface area (Å²) >= 11 is 0. The molecule has 2 aromatic heterocycles. The number of imidazole rings is 1. The molecular formula is C25H32F3N7O. The number of halogens is 3. The molecular weight excluding hydrogens is 471 g/mol. The average molecular weight is 504 g/mol. The maximum absolute atomic E-state index is 13.9. The maximum atomic E-state index is 13.9. The number of piperidine rings is 1. The highest BCUT2D eigenvalue weighted by atomic mass is 19.4. The number of likely N-dealkylation sites (tertiary alicyclic amines) is 1. The van der Waals surface area contributed by atoms with Crippen LogP contribution >= 0.6 is 0 Å². The van der Waals surface area contributed by atoms with Crippen molar-refractivity contribution >= 4 is 17.5 Å². The molecule has 5 heterocycles. The van der Waals surface area contributed by atoms with E-state index in [0.29, 0.717) is 19.0 Å². The quantitative estimate of drug-likeness (QED) is 0.642. The number of aromatic nitrogens is 4. The standard InChI is InChI=1S/C25H32F3N7O/c26-25(27,28)18-13-20(36)32-22-21(18)24(30-15-29-22)34-9-5-17(6-10-34)23-31-19(16-3-4-16)14-35(23)12-11-33-7-1-2-8-33/h14-18H,1-13H2,(H,29,30,32,36). The Morgan fingerprint density at radius 1 is 0.972 bits per heavy atom. The van der Waals surface area contributed by atoms with E-state index < -0.39 is 24.4 Å². The van der Waals surface area contributed by atoms with E-state index in [1.807, 2.05) is 4.90 Å². The van der Waals surface area contributed by atoms with E-state index >= 15 is 0 Å². The predicted molar refractivity (Wildman–Crippen MR) is 128 cm³/mol. The fourth-order valence-corrected chi connectivity index (χ4v) is 5.95. The largest absolute Gasteiger partial charge is 0.396 e. The molecule has 2 saturated heterocycles. The highest BCUT2D eigenvalue weighted by Crippen LogP contribution is 2.47. The third-order valence-electron chi connectivity index (χ3n) is 8.09. The van der Waals surface area contributed by atoms with Crippen molar-refractivity contribution in [3.05, 3.63) is 29.6 Å². The Balaban J connectivity index is 1.20. The molecule has 36 heavy (non-hydrogen) atoms. The lowest BCUT2D eigenvalue weighted by Crippen LogP contribution is -2.38. The molecule has 4 aliphatic rings. The van der Waals surface area contributed by atoms with Crippen LogP contribution in [-0.4, -0.2) is 69.2 Å². The molecule has 2 aromatic rings. The molecule has 0 spiro atoms. The summed E-state index contributed by atoms with van der Waals surface area (Å²) in [4.78, 5) is 29.6. The van der Waals surface area contributed by atoms with Crippen LogP contribution in [0, 0.1) is 0 Å². The number of alkyl halides is 3. The molecule has 8 nitrogen and oxygen atoms in total. The van der Waals surface area contributed by atoms with Crippen LogP contribution < -0.4 is 10.2 Å². The first-order valence-corrected chi connectivity index (χ1v) is 13.1. The molecule has 0 aromatic carbocycles. The van der Waals surface area contributed by atoms with Crippen LogP contribution in [0.25, 0.3) is 0 Å². The highest BCUT2D eigenvalue weighted by molar-refractivity contribution is 5.94. The number of anilines is 2. The summed E-state index contributed by atoms with van der Waals surface area (Å²) in [7, 11) is 0. The Hall–Kier alpha value is -2.69. The van der Waals surface area contributed by atoms with Crippen molar-refractivity contribution in [2.75, 3.05) is 42.9 Å². The minimum atomic E-state index is -4.54. The lowest BCUT2D eigenvalue weighted by atomic mass is 9.90. The molecule has 0 radical (unpaired) electrons. The van der Waals surface area contributed by atoms with Gasteiger partial charge in [0.15, 0.2) is 0 Å². The molecule has 11 heteroatoms. The molecule has 6 rings (SSSR count). The second-order valence-corrected chi connectivity index (χ2v) is 10.6. The van der Waals surface area contributed by atoms with Crippen LogP contribution in [0.2, 0.25) is 0 Å². The van der Waals surface area contributed by atoms with Crippen molar-refractivity contribution in [3.63, 3.8) is 0 Å². The summed E-state index contributed by atoms with van der Waals surface area (Å²) in [6, 6.07) is 0. The predicted octanol–water partition coefficient (Wildman–Crippen LogP) is 4.02. The van der Waals surface area contributed by atoms with Gasteiger partial charge in [0.25, 0.3) is 0 Å². The van der Waals surface area contributed by atoms with E-state index in [4.69, 9.17) is 4.98 Å². The number of nitrogens with zero attached hydrogens (tertiary/aromatic N) is 6. The van der Waals surface area contributed by atoms with Gasteiger partial charge < -0.3 is 19.7 Å². The average Bonchev–Trinajstić information content (AvgIpc) is 3.40. The van der Waals surface area contributed by atoms with E-state index in [1.54, 1.807) is 0 Å². The van der Waals surface area contributed by atoms with Gasteiger partial charge in [-0.3, -0.25) is 4.79 Å². The van der Waals surface area contributed by atoms with Gasteiger partial charge in [-0.05, 0) is 51.6 Å². The van der Waals surface area contributed by atoms with Crippen molar-refractivity contribution < 1.29 is 18.0 Å². The number of carbonyl (C=O) groups excluding carboxylic acids is 1. The topological polar surface area (TPSA) is 79.2 Å². The number of carbonyl (C=O) groups is 1. The van der Waals surface area contributed by atoms with Crippen LogP contribution in [0.3, 0.4) is 0 Å². The third-order valence-corrected chi connectivity index (χ3v) is 8.09. The zero-order valence-corrected chi connectivity index (χ0v) is 20.3. The van der Waals surface area contributed by atoms with Crippen molar-refractivity contribution in [2.24, 2.45) is 0 Å². The first-order valence-electron chi connectivity index (χ1n) is 13.1. The van der Waals surface area contributed by atoms with E-state index in [-0.39, 0.29) is 23.1 Å². The Morgan fingerprint density at radius 3 is 2.42 bits per heavy atom. The SMILES string of the molecule is O=C1CC(C(F)(F)F)c2c(ncnc2N2CCC(c3nc(C4CC4)cn3CCN3CCCC3)CC2)N1. The van der Waals surface area contributed by atoms with Gasteiger partial charge in [-0.2, -0.15) is 13.2 Å². The number of fused-ring (bicyclic) bond motifs is 1. The van der Waals surface area contributed by atoms with Crippen molar-refractivity contribution in [1.29, 1.82) is 0 Å². The van der Waals surface area contributed by atoms with E-state index in [1.165, 1.54) is 50.8 Å². The van der Waals surface area contributed by atoms with Gasteiger partial charge in [-0.25, -0.2) is 15.0 Å². The van der Waals surface area contributed by atoms with Crippen molar-refractivity contribution in [2.45, 2.75) is 75.4 Å². The number of hydrogen-bond donors (Lipinski definition) is 1. The molecule has 194 valence electrons. The fourth-order valence-electron chi connectivity index (χ4n) is 5.95. The number of amides is 1. The van der Waals surface area contributed by atoms with Gasteiger partial charge in [0.2, 0.25) is 5.91 Å². The molecule has 1 N–H and O–H groups in total. The number of nitrogens with one attached hydrogen (secondary N) is 1. The van der Waals surface area contributed by atoms with Gasteiger partial charge >= 0.3 is 6.18 Å². The lowest BCUT2D eigenvalue weighted by Gasteiger charge is -2.36. The first-order chi connectivity index (χ1) is 17.4. The minimum Gasteiger partial charge on any atom is -0.356 e. The van der Waals surface area contributed by atoms with Gasteiger partial charge in [-0.1, -0.05) is 0 Å². The Labute approximate surface area is 208 Å². The summed E-state index contributed by atoms with van der Waals surface area (Å²) in [5.74, 6) is -0.312. The molecule has 3 fully saturated rings. The summed E-state index contributed by atoms with van der Waals surface area (Å²) in [6.07, 6.45) is 4.86. The van der Waals surface area contributed by atoms with Crippen molar-refractivity contribution in [1.82, 2.24) is 24.4 Å².